The molecule has 2 N–H and O–H groups in total. The smallest absolute Gasteiger partial charge is 0.242 e. The number of hydrogen-bond donors (Lipinski definition) is 1. The molecule has 0 unspecified atom stereocenters. The Morgan fingerprint density at radius 1 is 1.15 bits per heavy atom. The average Bonchev–Trinajstić information content (AvgIpc) is 2.82. The summed E-state index contributed by atoms with van der Waals surface area (Å²) in [5, 5.41) is 0.484. The SMILES string of the molecule is CSc1nc(Cl)c(C=O)c(N(CC(=O)N(CC(N)=O)Cc2ccccc2)C2CCCCC2)n1. The summed E-state index contributed by atoms with van der Waals surface area (Å²) in [4.78, 5) is 49.1. The van der Waals surface area contributed by atoms with Crippen LogP contribution in [-0.2, 0) is 16.1 Å². The maximum atomic E-state index is 13.5. The van der Waals surface area contributed by atoms with E-state index in [0.717, 1.165) is 37.7 Å². The van der Waals surface area contributed by atoms with E-state index >= 15 is 0 Å². The van der Waals surface area contributed by atoms with E-state index in [1.54, 1.807) is 0 Å². The van der Waals surface area contributed by atoms with Crippen LogP contribution in [0.25, 0.3) is 0 Å². The number of rotatable bonds is 10. The highest BCUT2D eigenvalue weighted by molar-refractivity contribution is 7.98. The first-order chi connectivity index (χ1) is 15.9. The monoisotopic (exact) mass is 489 g/mol. The molecule has 1 aromatic carbocycles. The van der Waals surface area contributed by atoms with E-state index in [-0.39, 0.29) is 42.3 Å². The molecular weight excluding hydrogens is 462 g/mol. The Labute approximate surface area is 202 Å². The topological polar surface area (TPSA) is 109 Å². The number of nitrogens with zero attached hydrogens (tertiary/aromatic N) is 4. The normalized spacial score (nSPS) is 14.0. The van der Waals surface area contributed by atoms with E-state index in [2.05, 4.69) is 9.97 Å². The Morgan fingerprint density at radius 2 is 1.85 bits per heavy atom. The number of amides is 2. The van der Waals surface area contributed by atoms with Crippen molar-refractivity contribution in [2.75, 3.05) is 24.2 Å². The molecular formula is C23H28ClN5O3S. The Kier molecular flexibility index (Phi) is 9.08. The Hall–Kier alpha value is -2.65. The van der Waals surface area contributed by atoms with Gasteiger partial charge in [-0.2, -0.15) is 0 Å². The van der Waals surface area contributed by atoms with Gasteiger partial charge in [0.1, 0.15) is 11.0 Å². The highest BCUT2D eigenvalue weighted by atomic mass is 35.5. The van der Waals surface area contributed by atoms with Gasteiger partial charge >= 0.3 is 0 Å². The lowest BCUT2D eigenvalue weighted by Crippen LogP contribution is -2.48. The quantitative estimate of drug-likeness (QED) is 0.236. The Morgan fingerprint density at radius 3 is 2.45 bits per heavy atom. The maximum Gasteiger partial charge on any atom is 0.242 e. The van der Waals surface area contributed by atoms with Crippen LogP contribution in [0.3, 0.4) is 0 Å². The number of halogens is 1. The largest absolute Gasteiger partial charge is 0.368 e. The van der Waals surface area contributed by atoms with Crippen LogP contribution in [0, 0.1) is 0 Å². The summed E-state index contributed by atoms with van der Waals surface area (Å²) in [6.07, 6.45) is 7.37. The molecule has 1 aromatic heterocycles. The van der Waals surface area contributed by atoms with Crippen LogP contribution < -0.4 is 10.6 Å². The van der Waals surface area contributed by atoms with Crippen LogP contribution in [0.2, 0.25) is 5.15 Å². The first-order valence-electron chi connectivity index (χ1n) is 10.9. The van der Waals surface area contributed by atoms with Crippen LogP contribution in [0.15, 0.2) is 35.5 Å². The molecule has 10 heteroatoms. The third-order valence-electron chi connectivity index (χ3n) is 5.67. The standard InChI is InChI=1S/C23H28ClN5O3S/c1-33-23-26-21(24)18(15-30)22(27-23)29(17-10-6-3-7-11-17)14-20(32)28(13-19(25)31)12-16-8-4-2-5-9-16/h2,4-5,8-9,15,17H,3,6-7,10-14H2,1H3,(H2,25,31). The lowest BCUT2D eigenvalue weighted by molar-refractivity contribution is -0.134. The summed E-state index contributed by atoms with van der Waals surface area (Å²) in [7, 11) is 0. The van der Waals surface area contributed by atoms with Crippen molar-refractivity contribution in [3.63, 3.8) is 0 Å². The van der Waals surface area contributed by atoms with Crippen LogP contribution in [-0.4, -0.2) is 58.4 Å². The number of nitrogens with two attached hydrogens (primary N) is 1. The molecule has 1 saturated carbocycles. The summed E-state index contributed by atoms with van der Waals surface area (Å²) in [6, 6.07) is 9.44. The van der Waals surface area contributed by atoms with Crippen molar-refractivity contribution >= 4 is 47.3 Å². The number of hydrogen-bond acceptors (Lipinski definition) is 7. The zero-order valence-electron chi connectivity index (χ0n) is 18.6. The fourth-order valence-electron chi connectivity index (χ4n) is 4.06. The minimum absolute atomic E-state index is 0.0224. The van der Waals surface area contributed by atoms with Gasteiger partial charge in [-0.05, 0) is 24.7 Å². The second-order valence-electron chi connectivity index (χ2n) is 7.98. The van der Waals surface area contributed by atoms with Gasteiger partial charge in [-0.15, -0.1) is 0 Å². The van der Waals surface area contributed by atoms with Gasteiger partial charge in [0.15, 0.2) is 11.4 Å². The fraction of sp³-hybridized carbons (Fsp3) is 0.435. The molecule has 2 aromatic rings. The molecule has 33 heavy (non-hydrogen) atoms. The minimum Gasteiger partial charge on any atom is -0.368 e. The van der Waals surface area contributed by atoms with Gasteiger partial charge in [0.25, 0.3) is 0 Å². The molecule has 3 rings (SSSR count). The van der Waals surface area contributed by atoms with Crippen molar-refractivity contribution in [1.82, 2.24) is 14.9 Å². The first kappa shape index (κ1) is 25.0. The van der Waals surface area contributed by atoms with Crippen molar-refractivity contribution in [2.45, 2.75) is 49.8 Å². The molecule has 0 radical (unpaired) electrons. The molecule has 0 aliphatic heterocycles. The van der Waals surface area contributed by atoms with E-state index in [1.165, 1.54) is 16.7 Å². The molecule has 1 fully saturated rings. The second kappa shape index (κ2) is 12.0. The highest BCUT2D eigenvalue weighted by Crippen LogP contribution is 2.31. The molecule has 1 aliphatic rings. The fourth-order valence-corrected chi connectivity index (χ4v) is 4.68. The van der Waals surface area contributed by atoms with Crippen molar-refractivity contribution in [3.05, 3.63) is 46.6 Å². The van der Waals surface area contributed by atoms with Crippen LogP contribution in [0.5, 0.6) is 0 Å². The number of aromatic nitrogens is 2. The highest BCUT2D eigenvalue weighted by Gasteiger charge is 2.30. The zero-order chi connectivity index (χ0) is 23.8. The minimum atomic E-state index is -0.591. The van der Waals surface area contributed by atoms with Crippen molar-refractivity contribution in [2.24, 2.45) is 5.73 Å². The van der Waals surface area contributed by atoms with Gasteiger partial charge < -0.3 is 15.5 Å². The molecule has 0 saturated heterocycles. The van der Waals surface area contributed by atoms with E-state index < -0.39 is 5.91 Å². The second-order valence-corrected chi connectivity index (χ2v) is 9.11. The predicted octanol–water partition coefficient (Wildman–Crippen LogP) is 3.32. The summed E-state index contributed by atoms with van der Waals surface area (Å²) in [5.41, 5.74) is 6.49. The number of benzene rings is 1. The average molecular weight is 490 g/mol. The summed E-state index contributed by atoms with van der Waals surface area (Å²) in [6.45, 7) is 0.00238. The number of carbonyl (C=O) groups excluding carboxylic acids is 3. The van der Waals surface area contributed by atoms with Gasteiger partial charge in [-0.3, -0.25) is 14.4 Å². The van der Waals surface area contributed by atoms with Gasteiger partial charge in [-0.25, -0.2) is 9.97 Å². The molecule has 1 aliphatic carbocycles. The van der Waals surface area contributed by atoms with Crippen LogP contribution >= 0.6 is 23.4 Å². The lowest BCUT2D eigenvalue weighted by Gasteiger charge is -2.36. The Bertz CT molecular complexity index is 986. The summed E-state index contributed by atoms with van der Waals surface area (Å²) < 4.78 is 0. The van der Waals surface area contributed by atoms with Gasteiger partial charge in [-0.1, -0.05) is 73.0 Å². The van der Waals surface area contributed by atoms with Crippen LogP contribution in [0.1, 0.15) is 48.0 Å². The number of aldehydes is 1. The van der Waals surface area contributed by atoms with E-state index in [1.807, 2.05) is 41.5 Å². The third-order valence-corrected chi connectivity index (χ3v) is 6.50. The predicted molar refractivity (Wildman–Crippen MR) is 129 cm³/mol. The molecule has 2 amide bonds. The van der Waals surface area contributed by atoms with E-state index in [9.17, 15) is 14.4 Å². The number of carbonyl (C=O) groups is 3. The van der Waals surface area contributed by atoms with E-state index in [0.29, 0.717) is 17.3 Å². The number of anilines is 1. The summed E-state index contributed by atoms with van der Waals surface area (Å²) >= 11 is 7.60. The molecule has 1 heterocycles. The maximum absolute atomic E-state index is 13.5. The van der Waals surface area contributed by atoms with Gasteiger partial charge in [0, 0.05) is 12.6 Å². The van der Waals surface area contributed by atoms with Gasteiger partial charge in [0.05, 0.1) is 18.7 Å². The van der Waals surface area contributed by atoms with Crippen LogP contribution in [0.4, 0.5) is 5.82 Å². The van der Waals surface area contributed by atoms with Crippen molar-refractivity contribution < 1.29 is 14.4 Å². The Balaban J connectivity index is 1.95. The first-order valence-corrected chi connectivity index (χ1v) is 12.5. The molecule has 0 atom stereocenters. The molecule has 8 nitrogen and oxygen atoms in total. The number of primary amides is 1. The molecule has 0 bridgehead atoms. The van der Waals surface area contributed by atoms with E-state index in [4.69, 9.17) is 17.3 Å². The van der Waals surface area contributed by atoms with Crippen molar-refractivity contribution in [3.8, 4) is 0 Å². The number of thioether (sulfide) groups is 1. The molecule has 176 valence electrons. The third kappa shape index (κ3) is 6.68. The molecule has 0 spiro atoms. The zero-order valence-corrected chi connectivity index (χ0v) is 20.1. The van der Waals surface area contributed by atoms with Crippen molar-refractivity contribution in [1.29, 1.82) is 0 Å². The lowest BCUT2D eigenvalue weighted by atomic mass is 9.94. The van der Waals surface area contributed by atoms with Gasteiger partial charge in [0.2, 0.25) is 11.8 Å². The summed E-state index contributed by atoms with van der Waals surface area (Å²) in [5.74, 6) is -0.513.